The molecular formula is C19H20N4O2S. The summed E-state index contributed by atoms with van der Waals surface area (Å²) in [6, 6.07) is 12.0. The first-order chi connectivity index (χ1) is 12.7. The Kier molecular flexibility index (Phi) is 4.71. The van der Waals surface area contributed by atoms with E-state index in [4.69, 9.17) is 9.47 Å². The molecule has 0 spiro atoms. The molecule has 1 aromatic carbocycles. The van der Waals surface area contributed by atoms with E-state index in [1.54, 1.807) is 6.20 Å². The van der Waals surface area contributed by atoms with Crippen LogP contribution in [-0.2, 0) is 0 Å². The zero-order valence-corrected chi connectivity index (χ0v) is 15.5. The summed E-state index contributed by atoms with van der Waals surface area (Å²) in [7, 11) is 0. The molecule has 6 nitrogen and oxygen atoms in total. The van der Waals surface area contributed by atoms with E-state index in [9.17, 15) is 0 Å². The predicted octanol–water partition coefficient (Wildman–Crippen LogP) is 4.18. The van der Waals surface area contributed by atoms with Crippen LogP contribution in [-0.4, -0.2) is 28.4 Å². The summed E-state index contributed by atoms with van der Waals surface area (Å²) in [6.07, 6.45) is 1.76. The molecule has 0 saturated heterocycles. The highest BCUT2D eigenvalue weighted by atomic mass is 32.1. The number of pyridine rings is 1. The lowest BCUT2D eigenvalue weighted by Gasteiger charge is -2.25. The smallest absolute Gasteiger partial charge is 0.206 e. The summed E-state index contributed by atoms with van der Waals surface area (Å²) in [5.41, 5.74) is 1.97. The normalized spacial score (nSPS) is 14.3. The number of rotatable bonds is 5. The van der Waals surface area contributed by atoms with Crippen molar-refractivity contribution >= 4 is 16.5 Å². The third kappa shape index (κ3) is 3.48. The van der Waals surface area contributed by atoms with Gasteiger partial charge in [-0.3, -0.25) is 4.98 Å². The number of hydrogen-bond donors (Lipinski definition) is 1. The molecule has 3 aromatic rings. The van der Waals surface area contributed by atoms with Crippen LogP contribution >= 0.6 is 11.3 Å². The fourth-order valence-electron chi connectivity index (χ4n) is 2.90. The standard InChI is InChI=1S/C19H20N4O2S/c1-12(2)17(13-6-7-15-16(11-13)25-10-9-24-15)21-19-23-22-18(26-19)14-5-3-4-8-20-14/h3-8,11-12,17H,9-10H2,1-2H3,(H,21,23). The molecule has 1 unspecified atom stereocenters. The highest BCUT2D eigenvalue weighted by molar-refractivity contribution is 7.18. The number of ether oxygens (including phenoxy) is 2. The lowest BCUT2D eigenvalue weighted by molar-refractivity contribution is 0.171. The molecule has 0 aliphatic carbocycles. The molecular weight excluding hydrogens is 348 g/mol. The van der Waals surface area contributed by atoms with Gasteiger partial charge in [0.15, 0.2) is 16.5 Å². The van der Waals surface area contributed by atoms with Crippen LogP contribution in [0.1, 0.15) is 25.5 Å². The Hall–Kier alpha value is -2.67. The molecule has 0 amide bonds. The van der Waals surface area contributed by atoms with E-state index < -0.39 is 0 Å². The van der Waals surface area contributed by atoms with Crippen molar-refractivity contribution in [2.24, 2.45) is 5.92 Å². The maximum Gasteiger partial charge on any atom is 0.206 e. The van der Waals surface area contributed by atoms with Gasteiger partial charge in [-0.25, -0.2) is 0 Å². The molecule has 1 N–H and O–H groups in total. The predicted molar refractivity (Wildman–Crippen MR) is 102 cm³/mol. The molecule has 4 rings (SSSR count). The van der Waals surface area contributed by atoms with Crippen LogP contribution in [0.15, 0.2) is 42.6 Å². The second-order valence-corrected chi connectivity index (χ2v) is 7.37. The van der Waals surface area contributed by atoms with Gasteiger partial charge in [-0.1, -0.05) is 37.3 Å². The van der Waals surface area contributed by atoms with Crippen molar-refractivity contribution in [2.45, 2.75) is 19.9 Å². The van der Waals surface area contributed by atoms with Crippen LogP contribution in [0.2, 0.25) is 0 Å². The average molecular weight is 368 g/mol. The molecule has 134 valence electrons. The number of nitrogens with one attached hydrogen (secondary N) is 1. The van der Waals surface area contributed by atoms with Gasteiger partial charge in [-0.15, -0.1) is 10.2 Å². The van der Waals surface area contributed by atoms with Gasteiger partial charge in [0.2, 0.25) is 5.13 Å². The van der Waals surface area contributed by atoms with Crippen LogP contribution in [0.25, 0.3) is 10.7 Å². The first kappa shape index (κ1) is 16.8. The number of fused-ring (bicyclic) bond motifs is 1. The Morgan fingerprint density at radius 1 is 1.04 bits per heavy atom. The molecule has 1 atom stereocenters. The van der Waals surface area contributed by atoms with Crippen molar-refractivity contribution in [3.8, 4) is 22.2 Å². The van der Waals surface area contributed by atoms with E-state index in [-0.39, 0.29) is 6.04 Å². The number of benzene rings is 1. The molecule has 1 aliphatic rings. The minimum Gasteiger partial charge on any atom is -0.486 e. The topological polar surface area (TPSA) is 69.2 Å². The summed E-state index contributed by atoms with van der Waals surface area (Å²) in [4.78, 5) is 4.33. The Balaban J connectivity index is 1.57. The zero-order chi connectivity index (χ0) is 17.9. The van der Waals surface area contributed by atoms with Crippen LogP contribution in [0, 0.1) is 5.92 Å². The Bertz CT molecular complexity index is 882. The maximum absolute atomic E-state index is 5.72. The minimum absolute atomic E-state index is 0.0929. The second-order valence-electron chi connectivity index (χ2n) is 6.40. The Labute approximate surface area is 156 Å². The van der Waals surface area contributed by atoms with Gasteiger partial charge in [-0.05, 0) is 35.7 Å². The van der Waals surface area contributed by atoms with Crippen LogP contribution < -0.4 is 14.8 Å². The van der Waals surface area contributed by atoms with Gasteiger partial charge < -0.3 is 14.8 Å². The van der Waals surface area contributed by atoms with Crippen molar-refractivity contribution in [1.82, 2.24) is 15.2 Å². The van der Waals surface area contributed by atoms with Gasteiger partial charge in [-0.2, -0.15) is 0 Å². The van der Waals surface area contributed by atoms with Gasteiger partial charge in [0.1, 0.15) is 18.9 Å². The van der Waals surface area contributed by atoms with Crippen LogP contribution in [0.4, 0.5) is 5.13 Å². The second kappa shape index (κ2) is 7.29. The summed E-state index contributed by atoms with van der Waals surface area (Å²) in [6.45, 7) is 5.53. The largest absolute Gasteiger partial charge is 0.486 e. The Morgan fingerprint density at radius 3 is 2.65 bits per heavy atom. The molecule has 7 heteroatoms. The number of hydrogen-bond acceptors (Lipinski definition) is 7. The molecule has 1 aliphatic heterocycles. The van der Waals surface area contributed by atoms with Crippen molar-refractivity contribution in [1.29, 1.82) is 0 Å². The molecule has 0 radical (unpaired) electrons. The quantitative estimate of drug-likeness (QED) is 0.728. The molecule has 0 fully saturated rings. The highest BCUT2D eigenvalue weighted by Gasteiger charge is 2.21. The van der Waals surface area contributed by atoms with Crippen LogP contribution in [0.5, 0.6) is 11.5 Å². The fraction of sp³-hybridized carbons (Fsp3) is 0.316. The molecule has 0 bridgehead atoms. The molecule has 0 saturated carbocycles. The first-order valence-corrected chi connectivity index (χ1v) is 9.43. The summed E-state index contributed by atoms with van der Waals surface area (Å²) < 4.78 is 11.3. The summed E-state index contributed by atoms with van der Waals surface area (Å²) in [5, 5.41) is 13.6. The lowest BCUT2D eigenvalue weighted by Crippen LogP contribution is -2.19. The van der Waals surface area contributed by atoms with E-state index in [0.717, 1.165) is 32.9 Å². The highest BCUT2D eigenvalue weighted by Crippen LogP contribution is 2.36. The number of nitrogens with zero attached hydrogens (tertiary/aromatic N) is 3. The zero-order valence-electron chi connectivity index (χ0n) is 14.7. The third-order valence-corrected chi connectivity index (χ3v) is 5.06. The number of anilines is 1. The Morgan fingerprint density at radius 2 is 1.88 bits per heavy atom. The number of aromatic nitrogens is 3. The van der Waals surface area contributed by atoms with E-state index in [0.29, 0.717) is 19.1 Å². The van der Waals surface area contributed by atoms with Crippen molar-refractivity contribution < 1.29 is 9.47 Å². The van der Waals surface area contributed by atoms with Gasteiger partial charge in [0, 0.05) is 6.20 Å². The van der Waals surface area contributed by atoms with Crippen molar-refractivity contribution in [3.05, 3.63) is 48.2 Å². The maximum atomic E-state index is 5.72. The van der Waals surface area contributed by atoms with E-state index >= 15 is 0 Å². The van der Waals surface area contributed by atoms with Crippen LogP contribution in [0.3, 0.4) is 0 Å². The van der Waals surface area contributed by atoms with Gasteiger partial charge in [0.25, 0.3) is 0 Å². The van der Waals surface area contributed by atoms with Crippen molar-refractivity contribution in [3.63, 3.8) is 0 Å². The average Bonchev–Trinajstić information content (AvgIpc) is 3.15. The molecule has 2 aromatic heterocycles. The van der Waals surface area contributed by atoms with E-state index in [1.165, 1.54) is 11.3 Å². The lowest BCUT2D eigenvalue weighted by atomic mass is 9.96. The SMILES string of the molecule is CC(C)C(Nc1nnc(-c2ccccn2)s1)c1ccc2c(c1)OCCO2. The van der Waals surface area contributed by atoms with E-state index in [1.807, 2.05) is 30.3 Å². The van der Waals surface area contributed by atoms with Crippen molar-refractivity contribution in [2.75, 3.05) is 18.5 Å². The van der Waals surface area contributed by atoms with Gasteiger partial charge >= 0.3 is 0 Å². The van der Waals surface area contributed by atoms with E-state index in [2.05, 4.69) is 40.4 Å². The minimum atomic E-state index is 0.0929. The summed E-state index contributed by atoms with van der Waals surface area (Å²) >= 11 is 1.50. The fourth-order valence-corrected chi connectivity index (χ4v) is 3.65. The molecule has 3 heterocycles. The summed E-state index contributed by atoms with van der Waals surface area (Å²) in [5.74, 6) is 1.96. The third-order valence-electron chi connectivity index (χ3n) is 4.18. The molecule has 26 heavy (non-hydrogen) atoms. The first-order valence-electron chi connectivity index (χ1n) is 8.61. The van der Waals surface area contributed by atoms with Gasteiger partial charge in [0.05, 0.1) is 6.04 Å². The monoisotopic (exact) mass is 368 g/mol.